The van der Waals surface area contributed by atoms with Crippen molar-refractivity contribution in [2.45, 2.75) is 25.9 Å². The van der Waals surface area contributed by atoms with Gasteiger partial charge in [-0.05, 0) is 31.0 Å². The summed E-state index contributed by atoms with van der Waals surface area (Å²) < 4.78 is 26.1. The molecule has 0 aliphatic carbocycles. The first-order valence-corrected chi connectivity index (χ1v) is 11.0. The molecule has 1 saturated heterocycles. The molecular formula is C22H35FIN7O2. The van der Waals surface area contributed by atoms with Crippen LogP contribution >= 0.6 is 24.0 Å². The van der Waals surface area contributed by atoms with E-state index < -0.39 is 0 Å². The normalized spacial score (nSPS) is 15.7. The Morgan fingerprint density at radius 2 is 1.94 bits per heavy atom. The predicted octanol–water partition coefficient (Wildman–Crippen LogP) is 2.03. The lowest BCUT2D eigenvalue weighted by molar-refractivity contribution is 0.0170. The van der Waals surface area contributed by atoms with E-state index in [1.165, 1.54) is 12.1 Å². The van der Waals surface area contributed by atoms with Gasteiger partial charge in [0.2, 0.25) is 0 Å². The molecule has 1 aliphatic rings. The smallest absolute Gasteiger partial charge is 0.191 e. The molecule has 3 rings (SSSR count). The molecule has 33 heavy (non-hydrogen) atoms. The van der Waals surface area contributed by atoms with E-state index in [4.69, 9.17) is 14.5 Å². The Morgan fingerprint density at radius 3 is 2.58 bits per heavy atom. The van der Waals surface area contributed by atoms with Gasteiger partial charge in [-0.3, -0.25) is 4.90 Å². The highest BCUT2D eigenvalue weighted by atomic mass is 127. The van der Waals surface area contributed by atoms with Crippen molar-refractivity contribution in [1.29, 1.82) is 0 Å². The Bertz CT molecular complexity index is 857. The summed E-state index contributed by atoms with van der Waals surface area (Å²) >= 11 is 0. The third-order valence-electron chi connectivity index (χ3n) is 5.58. The van der Waals surface area contributed by atoms with E-state index in [2.05, 4.69) is 25.7 Å². The van der Waals surface area contributed by atoms with Crippen molar-refractivity contribution >= 4 is 29.9 Å². The van der Waals surface area contributed by atoms with E-state index in [1.807, 2.05) is 30.7 Å². The van der Waals surface area contributed by atoms with Gasteiger partial charge in [0, 0.05) is 46.9 Å². The van der Waals surface area contributed by atoms with Crippen LogP contribution in [0.1, 0.15) is 29.7 Å². The minimum absolute atomic E-state index is 0. The van der Waals surface area contributed by atoms with Gasteiger partial charge < -0.3 is 24.7 Å². The number of aliphatic imine (C=N–C) groups is 1. The third-order valence-corrected chi connectivity index (χ3v) is 5.58. The molecule has 0 spiro atoms. The van der Waals surface area contributed by atoms with Crippen molar-refractivity contribution in [3.8, 4) is 0 Å². The molecule has 2 aromatic rings. The fraction of sp³-hybridized carbons (Fsp3) is 0.591. The van der Waals surface area contributed by atoms with Gasteiger partial charge in [0.25, 0.3) is 0 Å². The fourth-order valence-corrected chi connectivity index (χ4v) is 3.56. The van der Waals surface area contributed by atoms with Crippen molar-refractivity contribution in [1.82, 2.24) is 30.3 Å². The molecule has 1 fully saturated rings. The van der Waals surface area contributed by atoms with Crippen LogP contribution in [-0.4, -0.2) is 78.7 Å². The molecule has 184 valence electrons. The number of hydrogen-bond donors (Lipinski definition) is 2. The molecule has 1 aliphatic heterocycles. The molecule has 0 bridgehead atoms. The second-order valence-electron chi connectivity index (χ2n) is 7.76. The third kappa shape index (κ3) is 8.47. The van der Waals surface area contributed by atoms with Crippen LogP contribution in [0, 0.1) is 12.7 Å². The van der Waals surface area contributed by atoms with Gasteiger partial charge in [0.1, 0.15) is 18.2 Å². The van der Waals surface area contributed by atoms with Gasteiger partial charge in [-0.2, -0.15) is 0 Å². The van der Waals surface area contributed by atoms with Crippen LogP contribution in [0.2, 0.25) is 0 Å². The summed E-state index contributed by atoms with van der Waals surface area (Å²) in [6.07, 6.45) is 0.866. The van der Waals surface area contributed by atoms with E-state index in [1.54, 1.807) is 7.11 Å². The molecule has 1 aromatic heterocycles. The van der Waals surface area contributed by atoms with Crippen LogP contribution in [-0.2, 0) is 23.1 Å². The average molecular weight is 575 g/mol. The van der Waals surface area contributed by atoms with Crippen molar-refractivity contribution < 1.29 is 13.9 Å². The van der Waals surface area contributed by atoms with Gasteiger partial charge in [0.05, 0.1) is 19.3 Å². The highest BCUT2D eigenvalue weighted by Gasteiger charge is 2.23. The standard InChI is InChI=1S/C22H34FN7O2.HI/c1-17-27-28-21(29(17)2)16-26-22(24-9-4-12-31-3)25-15-20(30-10-13-32-14-11-30)18-5-7-19(23)8-6-18;/h5-8,20H,4,9-16H2,1-3H3,(H2,24,25,26);1H. The Hall–Kier alpha value is -1.83. The van der Waals surface area contributed by atoms with E-state index in [0.29, 0.717) is 38.9 Å². The number of aryl methyl sites for hydroxylation is 1. The monoisotopic (exact) mass is 575 g/mol. The topological polar surface area (TPSA) is 88.8 Å². The SMILES string of the molecule is COCCCNC(=NCc1nnc(C)n1C)NCC(c1ccc(F)cc1)N1CCOCC1.I. The molecule has 1 unspecified atom stereocenters. The largest absolute Gasteiger partial charge is 0.385 e. The first-order valence-electron chi connectivity index (χ1n) is 11.0. The fourth-order valence-electron chi connectivity index (χ4n) is 3.56. The Morgan fingerprint density at radius 1 is 1.21 bits per heavy atom. The van der Waals surface area contributed by atoms with Crippen LogP contribution in [0.25, 0.3) is 0 Å². The summed E-state index contributed by atoms with van der Waals surface area (Å²) in [5, 5.41) is 15.1. The lowest BCUT2D eigenvalue weighted by Gasteiger charge is -2.35. The van der Waals surface area contributed by atoms with Gasteiger partial charge >= 0.3 is 0 Å². The van der Waals surface area contributed by atoms with Crippen LogP contribution in [0.4, 0.5) is 4.39 Å². The molecule has 2 N–H and O–H groups in total. The first-order chi connectivity index (χ1) is 15.6. The quantitative estimate of drug-likeness (QED) is 0.194. The summed E-state index contributed by atoms with van der Waals surface area (Å²) in [5.74, 6) is 2.11. The maximum atomic E-state index is 13.5. The second-order valence-corrected chi connectivity index (χ2v) is 7.76. The number of nitrogens with zero attached hydrogens (tertiary/aromatic N) is 5. The van der Waals surface area contributed by atoms with Crippen LogP contribution in [0.15, 0.2) is 29.3 Å². The number of methoxy groups -OCH3 is 1. The van der Waals surface area contributed by atoms with Crippen LogP contribution in [0.5, 0.6) is 0 Å². The number of morpholine rings is 1. The lowest BCUT2D eigenvalue weighted by atomic mass is 10.0. The Kier molecular flexibility index (Phi) is 12.0. The molecule has 11 heteroatoms. The molecule has 9 nitrogen and oxygen atoms in total. The number of rotatable bonds is 10. The number of aromatic nitrogens is 3. The molecule has 1 aromatic carbocycles. The zero-order valence-corrected chi connectivity index (χ0v) is 21.9. The Labute approximate surface area is 212 Å². The summed E-state index contributed by atoms with van der Waals surface area (Å²) in [6, 6.07) is 6.79. The summed E-state index contributed by atoms with van der Waals surface area (Å²) in [6.45, 7) is 7.41. The van der Waals surface area contributed by atoms with Gasteiger partial charge in [0.15, 0.2) is 11.8 Å². The molecule has 2 heterocycles. The number of halogens is 2. The van der Waals surface area contributed by atoms with Crippen molar-refractivity contribution in [3.05, 3.63) is 47.3 Å². The highest BCUT2D eigenvalue weighted by Crippen LogP contribution is 2.21. The van der Waals surface area contributed by atoms with Crippen molar-refractivity contribution in [2.24, 2.45) is 12.0 Å². The molecular weight excluding hydrogens is 540 g/mol. The molecule has 1 atom stereocenters. The lowest BCUT2D eigenvalue weighted by Crippen LogP contribution is -2.46. The predicted molar refractivity (Wildman–Crippen MR) is 136 cm³/mol. The van der Waals surface area contributed by atoms with Gasteiger partial charge in [-0.15, -0.1) is 34.2 Å². The van der Waals surface area contributed by atoms with Crippen LogP contribution < -0.4 is 10.6 Å². The number of hydrogen-bond acceptors (Lipinski definition) is 6. The van der Waals surface area contributed by atoms with E-state index in [0.717, 1.165) is 43.3 Å². The van der Waals surface area contributed by atoms with Crippen LogP contribution in [0.3, 0.4) is 0 Å². The zero-order valence-electron chi connectivity index (χ0n) is 19.6. The zero-order chi connectivity index (χ0) is 22.8. The average Bonchev–Trinajstić information content (AvgIpc) is 3.13. The van der Waals surface area contributed by atoms with E-state index in [-0.39, 0.29) is 35.8 Å². The number of nitrogens with one attached hydrogen (secondary N) is 2. The summed E-state index contributed by atoms with van der Waals surface area (Å²) in [4.78, 5) is 7.08. The number of guanidine groups is 1. The molecule has 0 saturated carbocycles. The number of benzene rings is 1. The van der Waals surface area contributed by atoms with Crippen molar-refractivity contribution in [3.63, 3.8) is 0 Å². The maximum Gasteiger partial charge on any atom is 0.191 e. The minimum atomic E-state index is -0.233. The summed E-state index contributed by atoms with van der Waals surface area (Å²) in [7, 11) is 3.63. The second kappa shape index (κ2) is 14.4. The minimum Gasteiger partial charge on any atom is -0.385 e. The Balaban J connectivity index is 0.00000385. The van der Waals surface area contributed by atoms with Gasteiger partial charge in [-0.1, -0.05) is 12.1 Å². The van der Waals surface area contributed by atoms with Gasteiger partial charge in [-0.25, -0.2) is 9.38 Å². The molecule has 0 radical (unpaired) electrons. The number of ether oxygens (including phenoxy) is 2. The van der Waals surface area contributed by atoms with E-state index >= 15 is 0 Å². The highest BCUT2D eigenvalue weighted by molar-refractivity contribution is 14.0. The molecule has 0 amide bonds. The van der Waals surface area contributed by atoms with E-state index in [9.17, 15) is 4.39 Å². The first kappa shape index (κ1) is 27.4. The maximum absolute atomic E-state index is 13.5. The van der Waals surface area contributed by atoms with Crippen molar-refractivity contribution in [2.75, 3.05) is 53.1 Å². The summed E-state index contributed by atoms with van der Waals surface area (Å²) in [5.41, 5.74) is 1.06.